The minimum Gasteiger partial charge on any atom is -0.308 e. The monoisotopic (exact) mass is 690 g/mol. The fraction of sp³-hybridized carbons (Fsp3) is 0. The highest BCUT2D eigenvalue weighted by Crippen LogP contribution is 2.46. The Morgan fingerprint density at radius 3 is 2.04 bits per heavy atom. The van der Waals surface area contributed by atoms with Crippen molar-refractivity contribution in [3.05, 3.63) is 158 Å². The zero-order chi connectivity index (χ0) is 34.4. The van der Waals surface area contributed by atoms with Gasteiger partial charge in [0.2, 0.25) is 0 Å². The number of rotatable bonds is 2. The molecule has 0 amide bonds. The molecule has 53 heavy (non-hydrogen) atoms. The summed E-state index contributed by atoms with van der Waals surface area (Å²) in [6, 6.07) is 57.3. The molecule has 0 fully saturated rings. The Bertz CT molecular complexity index is 3680. The number of aromatic nitrogens is 4. The summed E-state index contributed by atoms with van der Waals surface area (Å²) in [4.78, 5) is 11.0. The highest BCUT2D eigenvalue weighted by atomic mass is 32.1. The van der Waals surface area contributed by atoms with Crippen LogP contribution in [0.2, 0.25) is 0 Å². The Balaban J connectivity index is 1.26. The minimum atomic E-state index is 0.831. The van der Waals surface area contributed by atoms with Crippen LogP contribution < -0.4 is 0 Å². The normalized spacial score (nSPS) is 12.5. The van der Waals surface area contributed by atoms with E-state index in [0.717, 1.165) is 49.9 Å². The van der Waals surface area contributed by atoms with Crippen LogP contribution in [0, 0.1) is 0 Å². The van der Waals surface area contributed by atoms with Crippen LogP contribution in [0.4, 0.5) is 0 Å². The molecule has 0 saturated heterocycles. The van der Waals surface area contributed by atoms with Gasteiger partial charge in [-0.3, -0.25) is 4.57 Å². The van der Waals surface area contributed by atoms with Crippen LogP contribution in [-0.2, 0) is 0 Å². The maximum Gasteiger partial charge on any atom is 0.165 e. The van der Waals surface area contributed by atoms with E-state index in [2.05, 4.69) is 167 Å². The first-order valence-corrected chi connectivity index (χ1v) is 18.8. The minimum absolute atomic E-state index is 0.831. The molecule has 5 heterocycles. The SMILES string of the molecule is c1ccc(-c2nc3ccc4ccccc4c3nc2-n2c3cccc4c5cccc6c7cc8sc9ccccc9c8cc7n(c7cccc2c7c43)c56)cc1. The van der Waals surface area contributed by atoms with E-state index in [4.69, 9.17) is 9.97 Å². The van der Waals surface area contributed by atoms with Gasteiger partial charge in [-0.25, -0.2) is 9.97 Å². The predicted octanol–water partition coefficient (Wildman–Crippen LogP) is 13.1. The Morgan fingerprint density at radius 2 is 1.13 bits per heavy atom. The smallest absolute Gasteiger partial charge is 0.165 e. The van der Waals surface area contributed by atoms with Crippen molar-refractivity contribution in [2.45, 2.75) is 0 Å². The van der Waals surface area contributed by atoms with Gasteiger partial charge in [-0.2, -0.15) is 0 Å². The van der Waals surface area contributed by atoms with Gasteiger partial charge in [-0.05, 0) is 53.2 Å². The molecule has 8 aromatic carbocycles. The van der Waals surface area contributed by atoms with E-state index in [9.17, 15) is 0 Å². The molecule has 0 unspecified atom stereocenters. The average Bonchev–Trinajstić information content (AvgIpc) is 3.84. The second-order valence-electron chi connectivity index (χ2n) is 14.1. The highest BCUT2D eigenvalue weighted by Gasteiger charge is 2.25. The van der Waals surface area contributed by atoms with Crippen molar-refractivity contribution in [1.82, 2.24) is 18.9 Å². The summed E-state index contributed by atoms with van der Waals surface area (Å²) in [7, 11) is 0. The molecule has 0 aliphatic heterocycles. The molecular formula is C48H26N4S. The lowest BCUT2D eigenvalue weighted by molar-refractivity contribution is 1.08. The van der Waals surface area contributed by atoms with Gasteiger partial charge in [0.15, 0.2) is 5.82 Å². The van der Waals surface area contributed by atoms with E-state index in [-0.39, 0.29) is 0 Å². The van der Waals surface area contributed by atoms with E-state index >= 15 is 0 Å². The summed E-state index contributed by atoms with van der Waals surface area (Å²) in [5.41, 5.74) is 9.59. The van der Waals surface area contributed by atoms with Crippen LogP contribution in [0.15, 0.2) is 158 Å². The molecule has 13 rings (SSSR count). The molecule has 5 aromatic heterocycles. The third-order valence-corrected chi connectivity index (χ3v) is 12.5. The Labute approximate surface area is 305 Å². The second kappa shape index (κ2) is 9.94. The predicted molar refractivity (Wildman–Crippen MR) is 224 cm³/mol. The third kappa shape index (κ3) is 3.54. The lowest BCUT2D eigenvalue weighted by atomic mass is 10.0. The number of hydrogen-bond acceptors (Lipinski definition) is 3. The Hall–Kier alpha value is -6.82. The molecule has 0 radical (unpaired) electrons. The van der Waals surface area contributed by atoms with Crippen LogP contribution in [0.25, 0.3) is 119 Å². The lowest BCUT2D eigenvalue weighted by Crippen LogP contribution is -2.04. The van der Waals surface area contributed by atoms with Gasteiger partial charge >= 0.3 is 0 Å². The highest BCUT2D eigenvalue weighted by molar-refractivity contribution is 7.25. The molecule has 13 aromatic rings. The van der Waals surface area contributed by atoms with Gasteiger partial charge in [-0.15, -0.1) is 11.3 Å². The fourth-order valence-electron chi connectivity index (χ4n) is 9.21. The van der Waals surface area contributed by atoms with Crippen LogP contribution >= 0.6 is 11.3 Å². The van der Waals surface area contributed by atoms with Gasteiger partial charge in [0.25, 0.3) is 0 Å². The van der Waals surface area contributed by atoms with Crippen LogP contribution in [-0.4, -0.2) is 18.9 Å². The van der Waals surface area contributed by atoms with Crippen molar-refractivity contribution in [1.29, 1.82) is 0 Å². The van der Waals surface area contributed by atoms with E-state index in [1.165, 1.54) is 69.0 Å². The van der Waals surface area contributed by atoms with Crippen molar-refractivity contribution in [2.75, 3.05) is 0 Å². The molecule has 0 bridgehead atoms. The van der Waals surface area contributed by atoms with Crippen molar-refractivity contribution in [3.63, 3.8) is 0 Å². The summed E-state index contributed by atoms with van der Waals surface area (Å²) in [5.74, 6) is 0.831. The quantitative estimate of drug-likeness (QED) is 0.169. The molecule has 0 atom stereocenters. The molecule has 4 nitrogen and oxygen atoms in total. The molecular weight excluding hydrogens is 665 g/mol. The topological polar surface area (TPSA) is 35.1 Å². The third-order valence-electron chi connectivity index (χ3n) is 11.4. The largest absolute Gasteiger partial charge is 0.308 e. The van der Waals surface area contributed by atoms with Crippen LogP contribution in [0.5, 0.6) is 0 Å². The zero-order valence-corrected chi connectivity index (χ0v) is 29.0. The molecule has 0 N–H and O–H groups in total. The maximum absolute atomic E-state index is 5.60. The lowest BCUT2D eigenvalue weighted by Gasteiger charge is -2.15. The second-order valence-corrected chi connectivity index (χ2v) is 15.2. The van der Waals surface area contributed by atoms with Crippen LogP contribution in [0.3, 0.4) is 0 Å². The van der Waals surface area contributed by atoms with E-state index in [1.807, 2.05) is 11.3 Å². The first-order chi connectivity index (χ1) is 26.3. The summed E-state index contributed by atoms with van der Waals surface area (Å²) in [5, 5.41) is 12.4. The van der Waals surface area contributed by atoms with Gasteiger partial charge in [0.1, 0.15) is 5.69 Å². The van der Waals surface area contributed by atoms with Crippen molar-refractivity contribution in [2.24, 2.45) is 0 Å². The Morgan fingerprint density at radius 1 is 0.434 bits per heavy atom. The summed E-state index contributed by atoms with van der Waals surface area (Å²) < 4.78 is 7.55. The van der Waals surface area contributed by atoms with Crippen LogP contribution in [0.1, 0.15) is 0 Å². The van der Waals surface area contributed by atoms with E-state index in [0.29, 0.717) is 0 Å². The van der Waals surface area contributed by atoms with Gasteiger partial charge < -0.3 is 4.40 Å². The number of para-hydroxylation sites is 1. The molecule has 244 valence electrons. The number of hydrogen-bond donors (Lipinski definition) is 0. The molecule has 0 saturated carbocycles. The van der Waals surface area contributed by atoms with Gasteiger partial charge in [0, 0.05) is 58.1 Å². The van der Waals surface area contributed by atoms with Crippen molar-refractivity contribution >= 4 is 113 Å². The molecule has 5 heteroatoms. The first-order valence-electron chi connectivity index (χ1n) is 18.0. The van der Waals surface area contributed by atoms with E-state index in [1.54, 1.807) is 0 Å². The molecule has 0 aliphatic carbocycles. The average molecular weight is 691 g/mol. The molecule has 0 spiro atoms. The van der Waals surface area contributed by atoms with E-state index < -0.39 is 0 Å². The zero-order valence-electron chi connectivity index (χ0n) is 28.2. The number of benzene rings is 8. The summed E-state index contributed by atoms with van der Waals surface area (Å²) >= 11 is 1.88. The van der Waals surface area contributed by atoms with Crippen molar-refractivity contribution < 1.29 is 0 Å². The first kappa shape index (κ1) is 27.8. The van der Waals surface area contributed by atoms with Gasteiger partial charge in [-0.1, -0.05) is 115 Å². The standard InChI is InChI=1S/C48H26N4S/c1-2-12-28(13-3-1)45-48(50-46-29-14-5-4-11-27(29)23-24-36(46)49-45)52-37-19-9-16-31-32-17-8-18-33-34-26-42-35(30-15-6-7-22-41(30)53-42)25-40(34)51(47(32)33)38-20-10-21-39(52)44(38)43(31)37/h1-26H. The Kier molecular flexibility index (Phi) is 5.22. The number of thiophene rings is 1. The summed E-state index contributed by atoms with van der Waals surface area (Å²) in [6.07, 6.45) is 0. The number of nitrogens with zero attached hydrogens (tertiary/aromatic N) is 4. The molecule has 0 aliphatic rings. The summed E-state index contributed by atoms with van der Waals surface area (Å²) in [6.45, 7) is 0. The van der Waals surface area contributed by atoms with Crippen molar-refractivity contribution in [3.8, 4) is 17.1 Å². The fourth-order valence-corrected chi connectivity index (χ4v) is 10.3. The maximum atomic E-state index is 5.60. The van der Waals surface area contributed by atoms with Gasteiger partial charge in [0.05, 0.1) is 38.6 Å². The number of fused-ring (bicyclic) bond motifs is 11.